The van der Waals surface area contributed by atoms with Gasteiger partial charge in [-0.3, -0.25) is 4.79 Å². The molecule has 178 valence electrons. The number of hydrogen-bond acceptors (Lipinski definition) is 2. The van der Waals surface area contributed by atoms with E-state index in [4.69, 9.17) is 0 Å². The molecule has 1 amide bonds. The van der Waals surface area contributed by atoms with Crippen molar-refractivity contribution >= 4 is 5.91 Å². The standard InChI is InChI=1S/C29H46N2O/c1-27(2,3)24-14-10-22(11-15-24)20-29(7,26(32)30-18-19-31(8)9)21-23-12-16-25(17-13-23)28(4,5)6/h10-12,14-17,23H,13,18-21H2,1-9H3,(H,30,32). The van der Waals surface area contributed by atoms with E-state index in [-0.39, 0.29) is 16.7 Å². The molecule has 3 heteroatoms. The number of amides is 1. The second-order valence-electron chi connectivity index (χ2n) is 12.2. The molecule has 1 aromatic carbocycles. The van der Waals surface area contributed by atoms with E-state index in [1.807, 2.05) is 14.1 Å². The van der Waals surface area contributed by atoms with E-state index in [1.165, 1.54) is 16.7 Å². The van der Waals surface area contributed by atoms with Crippen LogP contribution in [0, 0.1) is 16.7 Å². The van der Waals surface area contributed by atoms with Crippen molar-refractivity contribution < 1.29 is 4.79 Å². The summed E-state index contributed by atoms with van der Waals surface area (Å²) in [6.07, 6.45) is 9.59. The minimum atomic E-state index is -0.447. The molecule has 0 aliphatic heterocycles. The van der Waals surface area contributed by atoms with Crippen LogP contribution in [-0.2, 0) is 16.6 Å². The number of likely N-dealkylation sites (N-methyl/N-ethyl adjacent to an activating group) is 1. The maximum absolute atomic E-state index is 13.4. The van der Waals surface area contributed by atoms with E-state index in [9.17, 15) is 4.79 Å². The van der Waals surface area contributed by atoms with Gasteiger partial charge < -0.3 is 10.2 Å². The first-order valence-electron chi connectivity index (χ1n) is 12.1. The number of benzene rings is 1. The maximum atomic E-state index is 13.4. The fraction of sp³-hybridized carbons (Fsp3) is 0.621. The van der Waals surface area contributed by atoms with Crippen molar-refractivity contribution in [3.8, 4) is 0 Å². The molecule has 0 fully saturated rings. The second kappa shape index (κ2) is 10.4. The van der Waals surface area contributed by atoms with Gasteiger partial charge in [-0.15, -0.1) is 0 Å². The zero-order valence-corrected chi connectivity index (χ0v) is 22.0. The van der Waals surface area contributed by atoms with Gasteiger partial charge in [-0.2, -0.15) is 0 Å². The van der Waals surface area contributed by atoms with Gasteiger partial charge >= 0.3 is 0 Å². The Morgan fingerprint density at radius 1 is 1.00 bits per heavy atom. The number of allylic oxidation sites excluding steroid dienone is 4. The Morgan fingerprint density at radius 3 is 2.09 bits per heavy atom. The van der Waals surface area contributed by atoms with Crippen molar-refractivity contribution in [2.45, 2.75) is 73.1 Å². The van der Waals surface area contributed by atoms with E-state index >= 15 is 0 Å². The van der Waals surface area contributed by atoms with Crippen molar-refractivity contribution in [2.24, 2.45) is 16.7 Å². The van der Waals surface area contributed by atoms with Crippen LogP contribution in [-0.4, -0.2) is 38.0 Å². The van der Waals surface area contributed by atoms with Gasteiger partial charge in [0, 0.05) is 13.1 Å². The molecular formula is C29H46N2O. The van der Waals surface area contributed by atoms with Gasteiger partial charge in [0.1, 0.15) is 0 Å². The number of carbonyl (C=O) groups excluding carboxylic acids is 1. The van der Waals surface area contributed by atoms with Crippen molar-refractivity contribution in [1.29, 1.82) is 0 Å². The van der Waals surface area contributed by atoms with E-state index in [0.717, 1.165) is 25.8 Å². The highest BCUT2D eigenvalue weighted by atomic mass is 16.2. The zero-order chi connectivity index (χ0) is 24.2. The highest BCUT2D eigenvalue weighted by Crippen LogP contribution is 2.37. The molecule has 0 radical (unpaired) electrons. The lowest BCUT2D eigenvalue weighted by Gasteiger charge is -2.33. The molecule has 32 heavy (non-hydrogen) atoms. The molecule has 0 heterocycles. The Labute approximate surface area is 197 Å². The van der Waals surface area contributed by atoms with E-state index in [0.29, 0.717) is 12.5 Å². The summed E-state index contributed by atoms with van der Waals surface area (Å²) in [5.74, 6) is 0.554. The monoisotopic (exact) mass is 438 g/mol. The highest BCUT2D eigenvalue weighted by molar-refractivity contribution is 5.82. The van der Waals surface area contributed by atoms with Gasteiger partial charge in [0.2, 0.25) is 5.91 Å². The third-order valence-electron chi connectivity index (χ3n) is 6.57. The van der Waals surface area contributed by atoms with Crippen LogP contribution in [0.5, 0.6) is 0 Å². The molecule has 1 aliphatic rings. The molecule has 3 nitrogen and oxygen atoms in total. The van der Waals surface area contributed by atoms with Crippen LogP contribution in [0.2, 0.25) is 0 Å². The third kappa shape index (κ3) is 7.62. The van der Waals surface area contributed by atoms with Gasteiger partial charge in [0.25, 0.3) is 0 Å². The summed E-state index contributed by atoms with van der Waals surface area (Å²) < 4.78 is 0. The minimum absolute atomic E-state index is 0.134. The summed E-state index contributed by atoms with van der Waals surface area (Å²) in [6, 6.07) is 8.86. The molecule has 0 spiro atoms. The minimum Gasteiger partial charge on any atom is -0.354 e. The predicted octanol–water partition coefficient (Wildman–Crippen LogP) is 6.15. The average molecular weight is 439 g/mol. The summed E-state index contributed by atoms with van der Waals surface area (Å²) in [7, 11) is 4.07. The van der Waals surface area contributed by atoms with Crippen molar-refractivity contribution in [2.75, 3.05) is 27.2 Å². The predicted molar refractivity (Wildman–Crippen MR) is 138 cm³/mol. The quantitative estimate of drug-likeness (QED) is 0.528. The summed E-state index contributed by atoms with van der Waals surface area (Å²) in [4.78, 5) is 15.5. The largest absolute Gasteiger partial charge is 0.354 e. The first-order chi connectivity index (χ1) is 14.7. The van der Waals surface area contributed by atoms with Crippen LogP contribution in [0.1, 0.15) is 72.4 Å². The van der Waals surface area contributed by atoms with Crippen LogP contribution in [0.4, 0.5) is 0 Å². The first kappa shape index (κ1) is 26.4. The summed E-state index contributed by atoms with van der Waals surface area (Å²) >= 11 is 0. The highest BCUT2D eigenvalue weighted by Gasteiger charge is 2.36. The lowest BCUT2D eigenvalue weighted by Crippen LogP contribution is -2.43. The molecule has 1 aromatic rings. The maximum Gasteiger partial charge on any atom is 0.226 e. The Morgan fingerprint density at radius 2 is 1.62 bits per heavy atom. The van der Waals surface area contributed by atoms with Crippen LogP contribution in [0.15, 0.2) is 48.1 Å². The topological polar surface area (TPSA) is 32.3 Å². The van der Waals surface area contributed by atoms with E-state index in [1.54, 1.807) is 0 Å². The summed E-state index contributed by atoms with van der Waals surface area (Å²) in [5.41, 5.74) is 3.81. The van der Waals surface area contributed by atoms with Gasteiger partial charge in [-0.05, 0) is 66.8 Å². The molecule has 0 bridgehead atoms. The Hall–Kier alpha value is -1.87. The van der Waals surface area contributed by atoms with Gasteiger partial charge in [-0.1, -0.05) is 91.0 Å². The third-order valence-corrected chi connectivity index (χ3v) is 6.57. The van der Waals surface area contributed by atoms with Crippen molar-refractivity contribution in [3.05, 3.63) is 59.2 Å². The van der Waals surface area contributed by atoms with Gasteiger partial charge in [-0.25, -0.2) is 0 Å². The SMILES string of the molecule is CN(C)CCNC(=O)C(C)(Cc1ccc(C(C)(C)C)cc1)CC1C=CC(C(C)(C)C)=CC1. The van der Waals surface area contributed by atoms with Gasteiger partial charge in [0.05, 0.1) is 5.41 Å². The Bertz CT molecular complexity index is 818. The summed E-state index contributed by atoms with van der Waals surface area (Å²) in [6.45, 7) is 17.2. The molecule has 2 atom stereocenters. The van der Waals surface area contributed by atoms with Crippen LogP contribution in [0.25, 0.3) is 0 Å². The van der Waals surface area contributed by atoms with Crippen LogP contribution >= 0.6 is 0 Å². The number of rotatable bonds is 8. The van der Waals surface area contributed by atoms with Crippen LogP contribution < -0.4 is 5.32 Å². The fourth-order valence-electron chi connectivity index (χ4n) is 4.38. The van der Waals surface area contributed by atoms with E-state index in [2.05, 4.69) is 101 Å². The number of hydrogen-bond donors (Lipinski definition) is 1. The lowest BCUT2D eigenvalue weighted by atomic mass is 9.72. The number of nitrogens with zero attached hydrogens (tertiary/aromatic N) is 1. The molecule has 1 aliphatic carbocycles. The molecule has 0 saturated heterocycles. The molecule has 0 saturated carbocycles. The van der Waals surface area contributed by atoms with E-state index < -0.39 is 5.41 Å². The number of carbonyl (C=O) groups is 1. The second-order valence-corrected chi connectivity index (χ2v) is 12.2. The van der Waals surface area contributed by atoms with Crippen LogP contribution in [0.3, 0.4) is 0 Å². The average Bonchev–Trinajstić information content (AvgIpc) is 2.67. The number of nitrogens with one attached hydrogen (secondary N) is 1. The normalized spacial score (nSPS) is 18.9. The molecule has 1 N–H and O–H groups in total. The Kier molecular flexibility index (Phi) is 8.56. The molecular weight excluding hydrogens is 392 g/mol. The van der Waals surface area contributed by atoms with Crippen molar-refractivity contribution in [1.82, 2.24) is 10.2 Å². The van der Waals surface area contributed by atoms with Gasteiger partial charge in [0.15, 0.2) is 0 Å². The Balaban J connectivity index is 2.19. The molecule has 2 rings (SSSR count). The van der Waals surface area contributed by atoms with Crippen molar-refractivity contribution in [3.63, 3.8) is 0 Å². The molecule has 2 unspecified atom stereocenters. The lowest BCUT2D eigenvalue weighted by molar-refractivity contribution is -0.131. The first-order valence-corrected chi connectivity index (χ1v) is 12.1. The molecule has 0 aromatic heterocycles. The zero-order valence-electron chi connectivity index (χ0n) is 22.0. The summed E-state index contributed by atoms with van der Waals surface area (Å²) in [5, 5.41) is 3.21. The smallest absolute Gasteiger partial charge is 0.226 e. The fourth-order valence-corrected chi connectivity index (χ4v) is 4.38.